The highest BCUT2D eigenvalue weighted by molar-refractivity contribution is 8.93. The van der Waals surface area contributed by atoms with Crippen LogP contribution < -0.4 is 16.0 Å². The average molecular weight is 485 g/mol. The lowest BCUT2D eigenvalue weighted by molar-refractivity contribution is 0.280. The second kappa shape index (κ2) is 12.7. The fourth-order valence-corrected chi connectivity index (χ4v) is 4.10. The molecule has 2 atom stereocenters. The zero-order valence-corrected chi connectivity index (χ0v) is 19.6. The van der Waals surface area contributed by atoms with Gasteiger partial charge in [0.15, 0.2) is 0 Å². The molecule has 2 aromatic heterocycles. The van der Waals surface area contributed by atoms with Crippen LogP contribution in [-0.2, 0) is 26.2 Å². The summed E-state index contributed by atoms with van der Waals surface area (Å²) in [6.07, 6.45) is 10.6. The summed E-state index contributed by atoms with van der Waals surface area (Å²) in [6.45, 7) is 3.35. The number of hydrogen-bond acceptors (Lipinski definition) is 5. The minimum Gasteiger partial charge on any atom is -0.348 e. The Morgan fingerprint density at radius 1 is 0.774 bits per heavy atom. The lowest BCUT2D eigenvalue weighted by Gasteiger charge is -2.33. The van der Waals surface area contributed by atoms with Crippen molar-refractivity contribution in [2.75, 3.05) is 0 Å². The topological polar surface area (TPSA) is 77.7 Å². The van der Waals surface area contributed by atoms with Gasteiger partial charge < -0.3 is 20.9 Å². The summed E-state index contributed by atoms with van der Waals surface area (Å²) in [7, 11) is 0. The maximum atomic E-state index is 4.35. The van der Waals surface area contributed by atoms with E-state index in [1.54, 1.807) is 0 Å². The van der Waals surface area contributed by atoms with Crippen LogP contribution in [0.15, 0.2) is 61.1 Å². The van der Waals surface area contributed by atoms with Crippen LogP contribution in [0.5, 0.6) is 0 Å². The molecule has 4 rings (SSSR count). The number of pyridine rings is 1. The largest absolute Gasteiger partial charge is 0.348 e. The minimum atomic E-state index is 0. The Bertz CT molecular complexity index is 854. The molecule has 7 heteroatoms. The first-order valence-corrected chi connectivity index (χ1v) is 11.0. The maximum absolute atomic E-state index is 4.35. The van der Waals surface area contributed by atoms with E-state index in [1.165, 1.54) is 36.8 Å². The first kappa shape index (κ1) is 23.6. The van der Waals surface area contributed by atoms with E-state index in [0.29, 0.717) is 12.1 Å². The summed E-state index contributed by atoms with van der Waals surface area (Å²) in [5.74, 6) is 1.01. The van der Waals surface area contributed by atoms with Crippen molar-refractivity contribution in [3.05, 3.63) is 83.7 Å². The van der Waals surface area contributed by atoms with Crippen molar-refractivity contribution in [3.63, 3.8) is 0 Å². The highest BCUT2D eigenvalue weighted by Gasteiger charge is 2.24. The predicted molar refractivity (Wildman–Crippen MR) is 130 cm³/mol. The van der Waals surface area contributed by atoms with Gasteiger partial charge in [-0.15, -0.1) is 17.0 Å². The van der Waals surface area contributed by atoms with Crippen LogP contribution >= 0.6 is 17.0 Å². The van der Waals surface area contributed by atoms with Crippen molar-refractivity contribution in [3.8, 4) is 0 Å². The molecule has 31 heavy (non-hydrogen) atoms. The number of nitrogens with one attached hydrogen (secondary N) is 4. The average Bonchev–Trinajstić information content (AvgIpc) is 3.32. The van der Waals surface area contributed by atoms with Crippen LogP contribution in [0.2, 0.25) is 0 Å². The number of aromatic nitrogens is 3. The first-order chi connectivity index (χ1) is 14.9. The minimum absolute atomic E-state index is 0. The van der Waals surface area contributed by atoms with E-state index in [-0.39, 0.29) is 17.0 Å². The summed E-state index contributed by atoms with van der Waals surface area (Å²) in [5, 5.41) is 10.9. The summed E-state index contributed by atoms with van der Waals surface area (Å²) in [4.78, 5) is 11.8. The lowest BCUT2D eigenvalue weighted by Crippen LogP contribution is -2.49. The molecule has 0 unspecified atom stereocenters. The molecule has 1 fully saturated rings. The predicted octanol–water partition coefficient (Wildman–Crippen LogP) is 3.86. The van der Waals surface area contributed by atoms with Gasteiger partial charge in [-0.1, -0.05) is 43.2 Å². The van der Waals surface area contributed by atoms with Crippen LogP contribution in [0.3, 0.4) is 0 Å². The third-order valence-electron chi connectivity index (χ3n) is 5.81. The van der Waals surface area contributed by atoms with E-state index in [0.717, 1.165) is 37.7 Å². The van der Waals surface area contributed by atoms with Gasteiger partial charge in [-0.2, -0.15) is 0 Å². The molecular weight excluding hydrogens is 452 g/mol. The number of imidazole rings is 1. The van der Waals surface area contributed by atoms with Crippen LogP contribution in [0, 0.1) is 0 Å². The van der Waals surface area contributed by atoms with Gasteiger partial charge in [0, 0.05) is 50.3 Å². The van der Waals surface area contributed by atoms with Crippen molar-refractivity contribution in [2.45, 2.75) is 63.9 Å². The smallest absolute Gasteiger partial charge is 0.120 e. The fourth-order valence-electron chi connectivity index (χ4n) is 4.10. The molecule has 1 saturated carbocycles. The summed E-state index contributed by atoms with van der Waals surface area (Å²) >= 11 is 0. The van der Waals surface area contributed by atoms with Gasteiger partial charge in [0.25, 0.3) is 0 Å². The second-order valence-electron chi connectivity index (χ2n) is 8.04. The van der Waals surface area contributed by atoms with E-state index in [1.807, 2.05) is 36.8 Å². The standard InChI is InChI=1S/C24H32N6.BrH/c1-2-7-23(30-18-24-27-13-14-28-24)22(6-1)29-16-20-10-8-19(9-11-20)15-25-17-21-5-3-4-12-26-21;/h3-5,8-14,22-23,25,29-30H,1-2,6-7,15-18H2,(H,27,28);1H/t22-,23+;/m0./s1. The molecule has 1 aliphatic carbocycles. The van der Waals surface area contributed by atoms with Gasteiger partial charge in [-0.3, -0.25) is 4.98 Å². The Morgan fingerprint density at radius 3 is 2.13 bits per heavy atom. The van der Waals surface area contributed by atoms with Crippen molar-refractivity contribution >= 4 is 17.0 Å². The molecule has 6 nitrogen and oxygen atoms in total. The van der Waals surface area contributed by atoms with Crippen molar-refractivity contribution in [2.24, 2.45) is 0 Å². The maximum Gasteiger partial charge on any atom is 0.120 e. The molecule has 1 aromatic carbocycles. The number of halogens is 1. The third kappa shape index (κ3) is 7.54. The zero-order chi connectivity index (χ0) is 20.4. The van der Waals surface area contributed by atoms with Crippen molar-refractivity contribution in [1.29, 1.82) is 0 Å². The van der Waals surface area contributed by atoms with Crippen LogP contribution in [-0.4, -0.2) is 27.0 Å². The Kier molecular flexibility index (Phi) is 9.68. The molecule has 3 aromatic rings. The van der Waals surface area contributed by atoms with E-state index < -0.39 is 0 Å². The molecule has 0 spiro atoms. The molecule has 4 N–H and O–H groups in total. The lowest BCUT2D eigenvalue weighted by atomic mass is 9.90. The number of rotatable bonds is 10. The first-order valence-electron chi connectivity index (χ1n) is 11.0. The molecule has 166 valence electrons. The monoisotopic (exact) mass is 484 g/mol. The number of nitrogens with zero attached hydrogens (tertiary/aromatic N) is 2. The molecule has 0 saturated heterocycles. The Hall–Kier alpha value is -2.06. The fraction of sp³-hybridized carbons (Fsp3) is 0.417. The normalized spacial score (nSPS) is 18.5. The number of aromatic amines is 1. The van der Waals surface area contributed by atoms with Gasteiger partial charge in [0.2, 0.25) is 0 Å². The highest BCUT2D eigenvalue weighted by atomic mass is 79.9. The molecule has 0 amide bonds. The molecule has 2 heterocycles. The SMILES string of the molecule is Br.c1ccc(CNCc2ccc(CN[C@H]3CCCC[C@H]3NCc3ncc[nH]3)cc2)nc1. The Labute approximate surface area is 195 Å². The Balaban J connectivity index is 0.00000272. The van der Waals surface area contributed by atoms with E-state index in [4.69, 9.17) is 0 Å². The van der Waals surface area contributed by atoms with E-state index >= 15 is 0 Å². The van der Waals surface area contributed by atoms with Gasteiger partial charge in [-0.05, 0) is 36.1 Å². The van der Waals surface area contributed by atoms with E-state index in [9.17, 15) is 0 Å². The number of benzene rings is 1. The Morgan fingerprint density at radius 2 is 1.48 bits per heavy atom. The summed E-state index contributed by atoms with van der Waals surface area (Å²) < 4.78 is 0. The van der Waals surface area contributed by atoms with Crippen molar-refractivity contribution in [1.82, 2.24) is 30.9 Å². The van der Waals surface area contributed by atoms with E-state index in [2.05, 4.69) is 55.2 Å². The zero-order valence-electron chi connectivity index (χ0n) is 17.9. The van der Waals surface area contributed by atoms with Gasteiger partial charge >= 0.3 is 0 Å². The van der Waals surface area contributed by atoms with Crippen LogP contribution in [0.25, 0.3) is 0 Å². The molecule has 0 bridgehead atoms. The second-order valence-corrected chi connectivity index (χ2v) is 8.04. The molecule has 0 aliphatic heterocycles. The number of hydrogen-bond donors (Lipinski definition) is 4. The van der Waals surface area contributed by atoms with Gasteiger partial charge in [-0.25, -0.2) is 4.98 Å². The van der Waals surface area contributed by atoms with Gasteiger partial charge in [0.05, 0.1) is 12.2 Å². The number of H-pyrrole nitrogens is 1. The summed E-state index contributed by atoms with van der Waals surface area (Å²) in [5.41, 5.74) is 3.70. The summed E-state index contributed by atoms with van der Waals surface area (Å²) in [6, 6.07) is 15.9. The van der Waals surface area contributed by atoms with Crippen molar-refractivity contribution < 1.29 is 0 Å². The van der Waals surface area contributed by atoms with Crippen LogP contribution in [0.4, 0.5) is 0 Å². The van der Waals surface area contributed by atoms with Crippen LogP contribution in [0.1, 0.15) is 48.3 Å². The van der Waals surface area contributed by atoms with Gasteiger partial charge in [0.1, 0.15) is 5.82 Å². The third-order valence-corrected chi connectivity index (χ3v) is 5.81. The highest BCUT2D eigenvalue weighted by Crippen LogP contribution is 2.19. The molecular formula is C24H33BrN6. The quantitative estimate of drug-likeness (QED) is 0.351. The molecule has 1 aliphatic rings. The molecule has 0 radical (unpaired) electrons.